The maximum atomic E-state index is 12.5. The van der Waals surface area contributed by atoms with Gasteiger partial charge in [0.2, 0.25) is 0 Å². The third-order valence-electron chi connectivity index (χ3n) is 3.76. The van der Waals surface area contributed by atoms with E-state index in [4.69, 9.17) is 23.2 Å². The van der Waals surface area contributed by atoms with E-state index < -0.39 is 0 Å². The van der Waals surface area contributed by atoms with Gasteiger partial charge in [-0.25, -0.2) is 4.68 Å². The van der Waals surface area contributed by atoms with Gasteiger partial charge in [0.25, 0.3) is 5.91 Å². The van der Waals surface area contributed by atoms with Gasteiger partial charge < -0.3 is 5.32 Å². The predicted molar refractivity (Wildman–Crippen MR) is 105 cm³/mol. The summed E-state index contributed by atoms with van der Waals surface area (Å²) in [6.07, 6.45) is 3.06. The normalized spacial score (nSPS) is 11.0. The van der Waals surface area contributed by atoms with Crippen molar-refractivity contribution in [1.29, 1.82) is 0 Å². The van der Waals surface area contributed by atoms with E-state index in [1.807, 2.05) is 18.2 Å². The van der Waals surface area contributed by atoms with E-state index in [1.165, 1.54) is 10.9 Å². The van der Waals surface area contributed by atoms with Crippen LogP contribution >= 0.6 is 39.1 Å². The minimum Gasteiger partial charge on any atom is -0.304 e. The van der Waals surface area contributed by atoms with Crippen LogP contribution < -0.4 is 5.32 Å². The number of halogens is 3. The summed E-state index contributed by atoms with van der Waals surface area (Å²) >= 11 is 15.5. The van der Waals surface area contributed by atoms with E-state index in [1.54, 1.807) is 24.4 Å². The van der Waals surface area contributed by atoms with Crippen LogP contribution in [0.3, 0.4) is 0 Å². The van der Waals surface area contributed by atoms with Crippen molar-refractivity contribution < 1.29 is 4.79 Å². The second-order valence-corrected chi connectivity index (χ2v) is 7.24. The highest BCUT2D eigenvalue weighted by molar-refractivity contribution is 9.10. The lowest BCUT2D eigenvalue weighted by atomic mass is 10.2. The zero-order valence-corrected chi connectivity index (χ0v) is 16.1. The second-order valence-electron chi connectivity index (χ2n) is 5.49. The van der Waals surface area contributed by atoms with Gasteiger partial charge in [-0.1, -0.05) is 39.1 Å². The molecule has 4 aromatic rings. The molecule has 2 heterocycles. The van der Waals surface area contributed by atoms with E-state index in [0.717, 1.165) is 15.4 Å². The highest BCUT2D eigenvalue weighted by atomic mass is 79.9. The average molecular weight is 451 g/mol. The molecule has 2 aromatic heterocycles. The molecule has 2 aromatic carbocycles. The molecule has 0 fully saturated rings. The van der Waals surface area contributed by atoms with E-state index in [-0.39, 0.29) is 5.91 Å². The lowest BCUT2D eigenvalue weighted by molar-refractivity contribution is 0.102. The number of H-pyrrole nitrogens is 1. The van der Waals surface area contributed by atoms with Gasteiger partial charge in [0.1, 0.15) is 0 Å². The summed E-state index contributed by atoms with van der Waals surface area (Å²) in [5, 5.41) is 15.8. The van der Waals surface area contributed by atoms with E-state index in [0.29, 0.717) is 27.1 Å². The second kappa shape index (κ2) is 6.75. The standard InChI is InChI=1S/C17H10BrCl2N5O/c18-10-1-3-14-12(5-10)16(24-23-14)22-17(26)9-7-21-25(8-9)15-4-2-11(19)6-13(15)20/h1-8H,(H2,22,23,24,26). The van der Waals surface area contributed by atoms with Crippen LogP contribution in [0.2, 0.25) is 10.0 Å². The van der Waals surface area contributed by atoms with Crippen LogP contribution in [0.4, 0.5) is 5.82 Å². The predicted octanol–water partition coefficient (Wildman–Crippen LogP) is 5.07. The zero-order chi connectivity index (χ0) is 18.3. The first-order chi connectivity index (χ1) is 12.5. The smallest absolute Gasteiger partial charge is 0.260 e. The van der Waals surface area contributed by atoms with Crippen LogP contribution in [0.25, 0.3) is 16.6 Å². The van der Waals surface area contributed by atoms with Gasteiger partial charge in [0, 0.05) is 21.1 Å². The molecule has 0 radical (unpaired) electrons. The molecule has 0 aliphatic heterocycles. The molecule has 4 rings (SSSR count). The maximum absolute atomic E-state index is 12.5. The van der Waals surface area contributed by atoms with Gasteiger partial charge in [-0.3, -0.25) is 9.89 Å². The fourth-order valence-corrected chi connectivity index (χ4v) is 3.36. The number of hydrogen-bond acceptors (Lipinski definition) is 3. The molecule has 130 valence electrons. The minimum absolute atomic E-state index is 0.324. The van der Waals surface area contributed by atoms with Gasteiger partial charge in [-0.05, 0) is 36.4 Å². The summed E-state index contributed by atoms with van der Waals surface area (Å²) < 4.78 is 2.42. The Bertz CT molecular complexity index is 1140. The number of aromatic amines is 1. The first-order valence-corrected chi connectivity index (χ1v) is 9.01. The molecular formula is C17H10BrCl2N5O. The molecule has 0 spiro atoms. The van der Waals surface area contributed by atoms with Crippen molar-refractivity contribution in [2.24, 2.45) is 0 Å². The molecule has 2 N–H and O–H groups in total. The van der Waals surface area contributed by atoms with Gasteiger partial charge >= 0.3 is 0 Å². The van der Waals surface area contributed by atoms with Crippen LogP contribution in [0, 0.1) is 0 Å². The summed E-state index contributed by atoms with van der Waals surface area (Å²) in [5.41, 5.74) is 1.83. The van der Waals surface area contributed by atoms with Crippen LogP contribution in [0.15, 0.2) is 53.3 Å². The molecule has 0 saturated heterocycles. The van der Waals surface area contributed by atoms with Crippen molar-refractivity contribution >= 4 is 61.8 Å². The van der Waals surface area contributed by atoms with Crippen LogP contribution in [0.5, 0.6) is 0 Å². The third kappa shape index (κ3) is 3.21. The van der Waals surface area contributed by atoms with E-state index in [2.05, 4.69) is 36.5 Å². The van der Waals surface area contributed by atoms with Crippen molar-refractivity contribution in [3.8, 4) is 5.69 Å². The maximum Gasteiger partial charge on any atom is 0.260 e. The first-order valence-electron chi connectivity index (χ1n) is 7.46. The molecule has 0 aliphatic rings. The van der Waals surface area contributed by atoms with Gasteiger partial charge in [-0.15, -0.1) is 0 Å². The van der Waals surface area contributed by atoms with Crippen LogP contribution in [0.1, 0.15) is 10.4 Å². The van der Waals surface area contributed by atoms with Gasteiger partial charge in [0.15, 0.2) is 5.82 Å². The lowest BCUT2D eigenvalue weighted by Gasteiger charge is -2.04. The Labute approximate surface area is 166 Å². The minimum atomic E-state index is -0.324. The highest BCUT2D eigenvalue weighted by Crippen LogP contribution is 2.26. The Hall–Kier alpha value is -2.35. The fourth-order valence-electron chi connectivity index (χ4n) is 2.50. The molecule has 26 heavy (non-hydrogen) atoms. The molecule has 0 saturated carbocycles. The molecule has 9 heteroatoms. The summed E-state index contributed by atoms with van der Waals surface area (Å²) in [6, 6.07) is 10.7. The summed E-state index contributed by atoms with van der Waals surface area (Å²) in [5.74, 6) is 0.123. The highest BCUT2D eigenvalue weighted by Gasteiger charge is 2.14. The third-order valence-corrected chi connectivity index (χ3v) is 4.79. The Kier molecular flexibility index (Phi) is 4.44. The Morgan fingerprint density at radius 1 is 1.19 bits per heavy atom. The monoisotopic (exact) mass is 449 g/mol. The van der Waals surface area contributed by atoms with Crippen molar-refractivity contribution in [1.82, 2.24) is 20.0 Å². The molecule has 1 amide bonds. The van der Waals surface area contributed by atoms with Gasteiger partial charge in [-0.2, -0.15) is 10.2 Å². The van der Waals surface area contributed by atoms with Crippen LogP contribution in [-0.2, 0) is 0 Å². The number of nitrogens with zero attached hydrogens (tertiary/aromatic N) is 3. The number of hydrogen-bond donors (Lipinski definition) is 2. The van der Waals surface area contributed by atoms with Crippen molar-refractivity contribution in [3.63, 3.8) is 0 Å². The number of carbonyl (C=O) groups is 1. The topological polar surface area (TPSA) is 75.6 Å². The largest absolute Gasteiger partial charge is 0.304 e. The Morgan fingerprint density at radius 3 is 2.85 bits per heavy atom. The van der Waals surface area contributed by atoms with Crippen molar-refractivity contribution in [2.75, 3.05) is 5.32 Å². The molecule has 0 bridgehead atoms. The number of anilines is 1. The van der Waals surface area contributed by atoms with E-state index >= 15 is 0 Å². The zero-order valence-electron chi connectivity index (χ0n) is 13.0. The van der Waals surface area contributed by atoms with Gasteiger partial charge in [0.05, 0.1) is 28.0 Å². The first kappa shape index (κ1) is 17.1. The average Bonchev–Trinajstić information content (AvgIpc) is 3.23. The number of rotatable bonds is 3. The molecule has 0 unspecified atom stereocenters. The SMILES string of the molecule is O=C(Nc1n[nH]c2ccc(Br)cc12)c1cnn(-c2ccc(Cl)cc2Cl)c1. The fraction of sp³-hybridized carbons (Fsp3) is 0. The number of carbonyl (C=O) groups excluding carboxylic acids is 1. The number of benzene rings is 2. The molecule has 0 aliphatic carbocycles. The number of aromatic nitrogens is 4. The number of fused-ring (bicyclic) bond motifs is 1. The van der Waals surface area contributed by atoms with Crippen molar-refractivity contribution in [2.45, 2.75) is 0 Å². The molecule has 6 nitrogen and oxygen atoms in total. The number of nitrogens with one attached hydrogen (secondary N) is 2. The summed E-state index contributed by atoms with van der Waals surface area (Å²) in [6.45, 7) is 0. The van der Waals surface area contributed by atoms with Crippen molar-refractivity contribution in [3.05, 3.63) is 68.9 Å². The molecular weight excluding hydrogens is 441 g/mol. The van der Waals surface area contributed by atoms with E-state index in [9.17, 15) is 4.79 Å². The van der Waals surface area contributed by atoms with Crippen LogP contribution in [-0.4, -0.2) is 25.9 Å². The lowest BCUT2D eigenvalue weighted by Crippen LogP contribution is -2.11. The Balaban J connectivity index is 1.61. The number of amides is 1. The summed E-state index contributed by atoms with van der Waals surface area (Å²) in [7, 11) is 0. The quantitative estimate of drug-likeness (QED) is 0.457. The molecule has 0 atom stereocenters. The summed E-state index contributed by atoms with van der Waals surface area (Å²) in [4.78, 5) is 12.5. The Morgan fingerprint density at radius 2 is 2.04 bits per heavy atom.